The maximum atomic E-state index is 14.0. The van der Waals surface area contributed by atoms with Crippen molar-refractivity contribution < 1.29 is 24.5 Å². The predicted octanol–water partition coefficient (Wildman–Crippen LogP) is 2.60. The lowest BCUT2D eigenvalue weighted by atomic mass is 10.1. The number of aromatic nitrogens is 2. The van der Waals surface area contributed by atoms with Gasteiger partial charge < -0.3 is 15.0 Å². The molecule has 0 radical (unpaired) electrons. The third kappa shape index (κ3) is 5.44. The first-order valence-electron chi connectivity index (χ1n) is 11.8. The highest BCUT2D eigenvalue weighted by Crippen LogP contribution is 2.29. The standard InChI is InChI=1S/C25H28N4O5S/c1-18-9-11-21(12-10-18)35(33,34)29-13-5-8-22(29)24(30)28(16-19-6-3-2-4-7-19)23(25(31)32)14-20-15-26-17-27-20/h2-4,6-7,9-12,15,17,22-23H,5,8,13-14,16H2,1H3,(H,26,27)(H,31,32)/t22-,23-/m0/s1/i22D. The Labute approximate surface area is 205 Å². The molecule has 0 spiro atoms. The van der Waals surface area contributed by atoms with Gasteiger partial charge in [0.1, 0.15) is 12.1 Å². The van der Waals surface area contributed by atoms with E-state index in [1.807, 2.05) is 6.92 Å². The molecule has 1 aromatic heterocycles. The molecular weight excluding hydrogens is 468 g/mol. The summed E-state index contributed by atoms with van der Waals surface area (Å²) in [6.45, 7) is 1.73. The lowest BCUT2D eigenvalue weighted by Gasteiger charge is -2.33. The molecule has 184 valence electrons. The Hall–Kier alpha value is -3.50. The van der Waals surface area contributed by atoms with E-state index in [0.29, 0.717) is 17.7 Å². The first kappa shape index (κ1) is 23.3. The molecule has 9 nitrogen and oxygen atoms in total. The van der Waals surface area contributed by atoms with Crippen molar-refractivity contribution in [2.24, 2.45) is 0 Å². The molecule has 3 aromatic rings. The number of carboxylic acids is 1. The molecule has 0 aliphatic carbocycles. The zero-order chi connectivity index (χ0) is 25.9. The number of sulfonamides is 1. The number of nitrogens with zero attached hydrogens (tertiary/aromatic N) is 3. The molecular formula is C25H28N4O5S. The number of carboxylic acid groups (broad SMARTS) is 1. The van der Waals surface area contributed by atoms with Crippen LogP contribution in [0, 0.1) is 6.92 Å². The number of H-pyrrole nitrogens is 1. The van der Waals surface area contributed by atoms with Gasteiger partial charge in [-0.25, -0.2) is 18.2 Å². The van der Waals surface area contributed by atoms with Crippen LogP contribution in [-0.2, 0) is 32.6 Å². The number of amides is 1. The second-order valence-corrected chi connectivity index (χ2v) is 10.4. The second kappa shape index (κ2) is 10.4. The van der Waals surface area contributed by atoms with Crippen molar-refractivity contribution in [1.82, 2.24) is 19.2 Å². The Bertz CT molecular complexity index is 1320. The number of nitrogens with one attached hydrogen (secondary N) is 1. The number of aliphatic carboxylic acids is 1. The summed E-state index contributed by atoms with van der Waals surface area (Å²) in [7, 11) is -4.18. The number of carbonyl (C=O) groups is 2. The fourth-order valence-electron chi connectivity index (χ4n) is 4.17. The Morgan fingerprint density at radius 1 is 1.23 bits per heavy atom. The summed E-state index contributed by atoms with van der Waals surface area (Å²) in [6.07, 6.45) is 3.07. The average Bonchev–Trinajstić information content (AvgIpc) is 3.52. The summed E-state index contributed by atoms with van der Waals surface area (Å²) < 4.78 is 37.0. The van der Waals surface area contributed by atoms with Crippen LogP contribution >= 0.6 is 0 Å². The largest absolute Gasteiger partial charge is 0.480 e. The Balaban J connectivity index is 1.73. The van der Waals surface area contributed by atoms with Crippen LogP contribution in [0.2, 0.25) is 0 Å². The minimum atomic E-state index is -4.18. The summed E-state index contributed by atoms with van der Waals surface area (Å²) >= 11 is 0. The maximum Gasteiger partial charge on any atom is 0.326 e. The number of aryl methyl sites for hydroxylation is 1. The van der Waals surface area contributed by atoms with E-state index in [1.54, 1.807) is 42.5 Å². The Morgan fingerprint density at radius 2 is 1.94 bits per heavy atom. The molecule has 2 atom stereocenters. The lowest BCUT2D eigenvalue weighted by molar-refractivity contribution is -0.152. The van der Waals surface area contributed by atoms with Gasteiger partial charge >= 0.3 is 5.97 Å². The van der Waals surface area contributed by atoms with Gasteiger partial charge in [-0.3, -0.25) is 4.79 Å². The van der Waals surface area contributed by atoms with Crippen molar-refractivity contribution in [1.29, 1.82) is 0 Å². The highest BCUT2D eigenvalue weighted by atomic mass is 32.2. The number of hydrogen-bond donors (Lipinski definition) is 2. The van der Waals surface area contributed by atoms with Crippen LogP contribution in [0.25, 0.3) is 0 Å². The van der Waals surface area contributed by atoms with Crippen LogP contribution in [-0.4, -0.2) is 63.2 Å². The van der Waals surface area contributed by atoms with Crippen molar-refractivity contribution in [3.63, 3.8) is 0 Å². The van der Waals surface area contributed by atoms with Gasteiger partial charge in [-0.15, -0.1) is 0 Å². The van der Waals surface area contributed by atoms with Crippen molar-refractivity contribution in [2.45, 2.75) is 49.7 Å². The van der Waals surface area contributed by atoms with Crippen LogP contribution in [0.1, 0.15) is 31.0 Å². The molecule has 0 bridgehead atoms. The zero-order valence-electron chi connectivity index (χ0n) is 20.3. The summed E-state index contributed by atoms with van der Waals surface area (Å²) in [6, 6.07) is 11.5. The molecule has 0 unspecified atom stereocenters. The lowest BCUT2D eigenvalue weighted by Crippen LogP contribution is -2.53. The van der Waals surface area contributed by atoms with E-state index in [-0.39, 0.29) is 30.8 Å². The van der Waals surface area contributed by atoms with E-state index in [4.69, 9.17) is 1.37 Å². The van der Waals surface area contributed by atoms with Gasteiger partial charge in [0.15, 0.2) is 0 Å². The van der Waals surface area contributed by atoms with Gasteiger partial charge in [-0.2, -0.15) is 4.31 Å². The van der Waals surface area contributed by atoms with Gasteiger partial charge in [0, 0.05) is 31.4 Å². The molecule has 1 aliphatic rings. The second-order valence-electron chi connectivity index (χ2n) is 8.49. The van der Waals surface area contributed by atoms with E-state index in [9.17, 15) is 23.1 Å². The van der Waals surface area contributed by atoms with E-state index in [2.05, 4.69) is 9.97 Å². The van der Waals surface area contributed by atoms with Crippen LogP contribution in [0.3, 0.4) is 0 Å². The van der Waals surface area contributed by atoms with Crippen LogP contribution in [0.15, 0.2) is 72.0 Å². The molecule has 2 N–H and O–H groups in total. The first-order chi connectivity index (χ1) is 17.1. The average molecular weight is 498 g/mol. The molecule has 4 rings (SSSR count). The molecule has 1 saturated heterocycles. The van der Waals surface area contributed by atoms with Crippen LogP contribution in [0.5, 0.6) is 0 Å². The van der Waals surface area contributed by atoms with Crippen molar-refractivity contribution in [3.8, 4) is 0 Å². The van der Waals surface area contributed by atoms with Gasteiger partial charge in [0.25, 0.3) is 0 Å². The minimum Gasteiger partial charge on any atom is -0.480 e. The number of carbonyl (C=O) groups excluding carboxylic acids is 1. The summed E-state index contributed by atoms with van der Waals surface area (Å²) in [4.78, 5) is 34.3. The van der Waals surface area contributed by atoms with Crippen LogP contribution < -0.4 is 0 Å². The summed E-state index contributed by atoms with van der Waals surface area (Å²) in [5.74, 6) is -2.13. The highest BCUT2D eigenvalue weighted by Gasteiger charge is 2.43. The third-order valence-electron chi connectivity index (χ3n) is 6.02. The highest BCUT2D eigenvalue weighted by molar-refractivity contribution is 7.89. The van der Waals surface area contributed by atoms with E-state index >= 15 is 0 Å². The molecule has 0 saturated carbocycles. The van der Waals surface area contributed by atoms with Crippen LogP contribution in [0.4, 0.5) is 0 Å². The van der Waals surface area contributed by atoms with Crippen molar-refractivity contribution in [2.75, 3.05) is 6.54 Å². The molecule has 2 aromatic carbocycles. The van der Waals surface area contributed by atoms with E-state index in [1.165, 1.54) is 24.7 Å². The fraction of sp³-hybridized carbons (Fsp3) is 0.320. The predicted molar refractivity (Wildman–Crippen MR) is 129 cm³/mol. The summed E-state index contributed by atoms with van der Waals surface area (Å²) in [5.41, 5.74) is 2.04. The molecule has 1 fully saturated rings. The number of hydrogen-bond acceptors (Lipinski definition) is 5. The van der Waals surface area contributed by atoms with Gasteiger partial charge in [0.2, 0.25) is 15.9 Å². The normalized spacial score (nSPS) is 19.7. The zero-order valence-corrected chi connectivity index (χ0v) is 20.1. The number of imidazole rings is 1. The van der Waals surface area contributed by atoms with E-state index in [0.717, 1.165) is 14.8 Å². The third-order valence-corrected chi connectivity index (χ3v) is 7.87. The Morgan fingerprint density at radius 3 is 2.57 bits per heavy atom. The first-order valence-corrected chi connectivity index (χ1v) is 12.7. The molecule has 1 aliphatic heterocycles. The quantitative estimate of drug-likeness (QED) is 0.468. The topological polar surface area (TPSA) is 124 Å². The van der Waals surface area contributed by atoms with Gasteiger partial charge in [0.05, 0.1) is 12.6 Å². The SMILES string of the molecule is [2H][C@@]1(C(=O)N(Cc2ccccc2)[C@@H](Cc2cnc[nH]2)C(=O)O)CCCN1S(=O)(=O)c1ccc(C)cc1. The Kier molecular flexibility index (Phi) is 6.91. The van der Waals surface area contributed by atoms with Gasteiger partial charge in [-0.1, -0.05) is 48.0 Å². The van der Waals surface area contributed by atoms with E-state index < -0.39 is 34.0 Å². The molecule has 35 heavy (non-hydrogen) atoms. The summed E-state index contributed by atoms with van der Waals surface area (Å²) in [5, 5.41) is 10.1. The van der Waals surface area contributed by atoms with Crippen molar-refractivity contribution >= 4 is 21.9 Å². The van der Waals surface area contributed by atoms with Crippen molar-refractivity contribution in [3.05, 3.63) is 83.9 Å². The number of benzene rings is 2. The molecule has 2 heterocycles. The van der Waals surface area contributed by atoms with Gasteiger partial charge in [-0.05, 0) is 37.5 Å². The number of aromatic amines is 1. The molecule has 1 amide bonds. The molecule has 10 heteroatoms. The number of rotatable bonds is 9. The smallest absolute Gasteiger partial charge is 0.326 e. The maximum absolute atomic E-state index is 14.0. The minimum absolute atomic E-state index is 0.0110. The fourth-order valence-corrected chi connectivity index (χ4v) is 5.73. The monoisotopic (exact) mass is 497 g/mol.